The molecule has 0 bridgehead atoms. The Morgan fingerprint density at radius 3 is 2.13 bits per heavy atom. The van der Waals surface area contributed by atoms with E-state index < -0.39 is 28.5 Å². The molecule has 2 atom stereocenters. The fraction of sp³-hybridized carbons (Fsp3) is 0.278. The van der Waals surface area contributed by atoms with Crippen LogP contribution in [0.2, 0.25) is 5.02 Å². The van der Waals surface area contributed by atoms with E-state index in [-0.39, 0.29) is 29.8 Å². The Kier molecular flexibility index (Phi) is 11.4. The molecular formula is C36H40ClN3O4S. The lowest BCUT2D eigenvalue weighted by Crippen LogP contribution is -2.54. The van der Waals surface area contributed by atoms with Gasteiger partial charge >= 0.3 is 0 Å². The van der Waals surface area contributed by atoms with Crippen LogP contribution in [0.5, 0.6) is 0 Å². The lowest BCUT2D eigenvalue weighted by atomic mass is 10.0. The molecule has 0 saturated heterocycles. The van der Waals surface area contributed by atoms with Crippen LogP contribution in [-0.4, -0.2) is 43.8 Å². The zero-order valence-electron chi connectivity index (χ0n) is 26.1. The molecule has 0 saturated carbocycles. The lowest BCUT2D eigenvalue weighted by molar-refractivity contribution is -0.140. The van der Waals surface area contributed by atoms with E-state index in [9.17, 15) is 18.0 Å². The predicted molar refractivity (Wildman–Crippen MR) is 181 cm³/mol. The van der Waals surface area contributed by atoms with Crippen LogP contribution in [0.3, 0.4) is 0 Å². The van der Waals surface area contributed by atoms with Gasteiger partial charge in [0.2, 0.25) is 11.8 Å². The third-order valence-corrected chi connectivity index (χ3v) is 9.77. The summed E-state index contributed by atoms with van der Waals surface area (Å²) in [6.45, 7) is 7.20. The van der Waals surface area contributed by atoms with E-state index in [1.165, 1.54) is 17.0 Å². The normalized spacial score (nSPS) is 12.6. The number of benzene rings is 4. The zero-order valence-corrected chi connectivity index (χ0v) is 27.7. The van der Waals surface area contributed by atoms with E-state index in [1.807, 2.05) is 75.4 Å². The quantitative estimate of drug-likeness (QED) is 0.175. The Balaban J connectivity index is 1.83. The van der Waals surface area contributed by atoms with Crippen molar-refractivity contribution in [3.8, 4) is 0 Å². The monoisotopic (exact) mass is 645 g/mol. The van der Waals surface area contributed by atoms with Crippen LogP contribution in [0.15, 0.2) is 108 Å². The van der Waals surface area contributed by atoms with Gasteiger partial charge in [-0.05, 0) is 68.1 Å². The Morgan fingerprint density at radius 2 is 1.49 bits per heavy atom. The highest BCUT2D eigenvalue weighted by Gasteiger charge is 2.35. The molecule has 2 amide bonds. The number of carbonyl (C=O) groups is 2. The van der Waals surface area contributed by atoms with Crippen LogP contribution in [0.1, 0.15) is 42.5 Å². The van der Waals surface area contributed by atoms with Gasteiger partial charge in [-0.3, -0.25) is 13.9 Å². The number of hydrogen-bond acceptors (Lipinski definition) is 4. The smallest absolute Gasteiger partial charge is 0.264 e. The molecular weight excluding hydrogens is 606 g/mol. The topological polar surface area (TPSA) is 86.8 Å². The molecule has 0 aliphatic heterocycles. The summed E-state index contributed by atoms with van der Waals surface area (Å²) in [4.78, 5) is 30.1. The average molecular weight is 646 g/mol. The maximum absolute atomic E-state index is 14.6. The molecule has 0 unspecified atom stereocenters. The molecule has 0 radical (unpaired) electrons. The lowest BCUT2D eigenvalue weighted by Gasteiger charge is -2.34. The number of hydrogen-bond donors (Lipinski definition) is 1. The van der Waals surface area contributed by atoms with Gasteiger partial charge in [0.25, 0.3) is 10.0 Å². The molecule has 1 N–H and O–H groups in total. The first-order chi connectivity index (χ1) is 21.5. The van der Waals surface area contributed by atoms with Crippen LogP contribution >= 0.6 is 11.6 Å². The second kappa shape index (κ2) is 15.2. The van der Waals surface area contributed by atoms with Crippen molar-refractivity contribution in [2.45, 2.75) is 64.1 Å². The zero-order chi connectivity index (χ0) is 32.6. The van der Waals surface area contributed by atoms with E-state index in [4.69, 9.17) is 11.6 Å². The van der Waals surface area contributed by atoms with Gasteiger partial charge in [0.1, 0.15) is 12.6 Å². The van der Waals surface area contributed by atoms with Gasteiger partial charge in [-0.2, -0.15) is 0 Å². The first kappa shape index (κ1) is 33.7. The van der Waals surface area contributed by atoms with Crippen molar-refractivity contribution in [2.24, 2.45) is 0 Å². The number of carbonyl (C=O) groups excluding carboxylic acids is 2. The van der Waals surface area contributed by atoms with E-state index in [2.05, 4.69) is 5.32 Å². The highest BCUT2D eigenvalue weighted by Crippen LogP contribution is 2.30. The second-order valence-corrected chi connectivity index (χ2v) is 13.6. The van der Waals surface area contributed by atoms with Gasteiger partial charge in [0.05, 0.1) is 10.6 Å². The second-order valence-electron chi connectivity index (χ2n) is 11.3. The van der Waals surface area contributed by atoms with Gasteiger partial charge in [-0.25, -0.2) is 8.42 Å². The van der Waals surface area contributed by atoms with Crippen LogP contribution < -0.4 is 9.62 Å². The predicted octanol–water partition coefficient (Wildman–Crippen LogP) is 6.71. The third kappa shape index (κ3) is 8.74. The first-order valence-electron chi connectivity index (χ1n) is 15.0. The minimum absolute atomic E-state index is 0.0396. The van der Waals surface area contributed by atoms with Crippen molar-refractivity contribution in [1.29, 1.82) is 0 Å². The highest BCUT2D eigenvalue weighted by molar-refractivity contribution is 7.92. The molecule has 4 rings (SSSR count). The van der Waals surface area contributed by atoms with Crippen LogP contribution in [0, 0.1) is 13.8 Å². The molecule has 236 valence electrons. The minimum Gasteiger partial charge on any atom is -0.352 e. The van der Waals surface area contributed by atoms with Crippen LogP contribution in [0.25, 0.3) is 0 Å². The molecule has 4 aromatic rings. The van der Waals surface area contributed by atoms with Crippen molar-refractivity contribution in [3.63, 3.8) is 0 Å². The van der Waals surface area contributed by atoms with E-state index in [0.29, 0.717) is 22.7 Å². The van der Waals surface area contributed by atoms with Gasteiger partial charge in [-0.15, -0.1) is 0 Å². The molecule has 0 aliphatic carbocycles. The summed E-state index contributed by atoms with van der Waals surface area (Å²) in [6.07, 6.45) is 0.967. The molecule has 9 heteroatoms. The number of sulfonamides is 1. The summed E-state index contributed by atoms with van der Waals surface area (Å²) in [5.74, 6) is -0.818. The Hall–Kier alpha value is -4.14. The minimum atomic E-state index is -4.20. The Morgan fingerprint density at radius 1 is 0.844 bits per heavy atom. The third-order valence-electron chi connectivity index (χ3n) is 7.76. The fourth-order valence-electron chi connectivity index (χ4n) is 5.09. The molecule has 0 aromatic heterocycles. The van der Waals surface area contributed by atoms with Gasteiger partial charge in [-0.1, -0.05) is 103 Å². The average Bonchev–Trinajstić information content (AvgIpc) is 3.03. The number of halogens is 1. The molecule has 7 nitrogen and oxygen atoms in total. The van der Waals surface area contributed by atoms with Crippen molar-refractivity contribution >= 4 is 39.1 Å². The van der Waals surface area contributed by atoms with E-state index >= 15 is 0 Å². The number of nitrogens with zero attached hydrogens (tertiary/aromatic N) is 2. The number of rotatable bonds is 13. The molecule has 45 heavy (non-hydrogen) atoms. The van der Waals surface area contributed by atoms with Crippen molar-refractivity contribution in [3.05, 3.63) is 130 Å². The van der Waals surface area contributed by atoms with Crippen LogP contribution in [0.4, 0.5) is 5.69 Å². The summed E-state index contributed by atoms with van der Waals surface area (Å²) in [6, 6.07) is 29.2. The van der Waals surface area contributed by atoms with E-state index in [0.717, 1.165) is 21.0 Å². The first-order valence-corrected chi connectivity index (χ1v) is 16.8. The molecule has 0 spiro atoms. The molecule has 0 aliphatic rings. The summed E-state index contributed by atoms with van der Waals surface area (Å²) >= 11 is 6.35. The summed E-state index contributed by atoms with van der Waals surface area (Å²) < 4.78 is 29.4. The SMILES string of the molecule is CC[C@@H](C)NC(=O)[C@H](Cc1ccccc1)N(Cc1cccc(C)c1)C(=O)CN(c1cc(Cl)ccc1C)S(=O)(=O)c1ccccc1. The maximum Gasteiger partial charge on any atom is 0.264 e. The largest absolute Gasteiger partial charge is 0.352 e. The summed E-state index contributed by atoms with van der Waals surface area (Å²) in [5.41, 5.74) is 3.63. The maximum atomic E-state index is 14.6. The molecule has 0 heterocycles. The molecule has 4 aromatic carbocycles. The highest BCUT2D eigenvalue weighted by atomic mass is 35.5. The van der Waals surface area contributed by atoms with Gasteiger partial charge in [0.15, 0.2) is 0 Å². The van der Waals surface area contributed by atoms with E-state index in [1.54, 1.807) is 43.3 Å². The number of anilines is 1. The summed E-state index contributed by atoms with van der Waals surface area (Å²) in [7, 11) is -4.20. The summed E-state index contributed by atoms with van der Waals surface area (Å²) in [5, 5.41) is 3.39. The van der Waals surface area contributed by atoms with Crippen molar-refractivity contribution in [2.75, 3.05) is 10.8 Å². The Labute approximate surface area is 271 Å². The Bertz CT molecular complexity index is 1720. The van der Waals surface area contributed by atoms with Crippen molar-refractivity contribution in [1.82, 2.24) is 10.2 Å². The van der Waals surface area contributed by atoms with Crippen LogP contribution in [-0.2, 0) is 32.6 Å². The van der Waals surface area contributed by atoms with Gasteiger partial charge in [0, 0.05) is 24.0 Å². The fourth-order valence-corrected chi connectivity index (χ4v) is 6.74. The standard InChI is InChI=1S/C36H40ClN3O4S/c1-5-28(4)38-36(42)34(22-29-14-8-6-9-15-29)39(24-30-16-12-13-26(2)21-30)35(41)25-40(33-23-31(37)20-19-27(33)3)45(43,44)32-17-10-7-11-18-32/h6-21,23,28,34H,5,22,24-25H2,1-4H3,(H,38,42)/t28-,34+/m1/s1. The van der Waals surface area contributed by atoms with Crippen molar-refractivity contribution < 1.29 is 18.0 Å². The number of nitrogens with one attached hydrogen (secondary N) is 1. The van der Waals surface area contributed by atoms with Gasteiger partial charge < -0.3 is 10.2 Å². The molecule has 0 fully saturated rings. The number of aryl methyl sites for hydroxylation is 2. The number of amides is 2.